The zero-order valence-corrected chi connectivity index (χ0v) is 13.3. The predicted octanol–water partition coefficient (Wildman–Crippen LogP) is 4.03. The molecule has 0 unspecified atom stereocenters. The van der Waals surface area contributed by atoms with E-state index in [0.29, 0.717) is 5.75 Å². The minimum Gasteiger partial charge on any atom is -0.505 e. The Bertz CT molecular complexity index is 1100. The summed E-state index contributed by atoms with van der Waals surface area (Å²) in [6.45, 7) is 2.07. The number of phenols is 1. The minimum atomic E-state index is 0.352. The molecule has 0 fully saturated rings. The van der Waals surface area contributed by atoms with Gasteiger partial charge in [-0.25, -0.2) is 0 Å². The molecule has 1 N–H and O–H groups in total. The van der Waals surface area contributed by atoms with Crippen LogP contribution in [-0.2, 0) is 6.42 Å². The summed E-state index contributed by atoms with van der Waals surface area (Å²) in [5.74, 6) is 0.352. The molecule has 24 heavy (non-hydrogen) atoms. The number of aryl methyl sites for hydroxylation is 1. The predicted molar refractivity (Wildman–Crippen MR) is 94.5 cm³/mol. The highest BCUT2D eigenvalue weighted by molar-refractivity contribution is 5.79. The van der Waals surface area contributed by atoms with Crippen molar-refractivity contribution in [1.82, 2.24) is 14.1 Å². The van der Waals surface area contributed by atoms with Crippen LogP contribution in [0.25, 0.3) is 16.7 Å². The molecule has 4 heteroatoms. The molecule has 2 heterocycles. The van der Waals surface area contributed by atoms with Crippen LogP contribution in [0.1, 0.15) is 16.7 Å². The van der Waals surface area contributed by atoms with Gasteiger partial charge in [-0.05, 0) is 36.2 Å². The zero-order chi connectivity index (χ0) is 16.3. The summed E-state index contributed by atoms with van der Waals surface area (Å²) >= 11 is 0. The van der Waals surface area contributed by atoms with E-state index in [2.05, 4.69) is 46.5 Å². The molecule has 0 amide bonds. The molecule has 0 aliphatic heterocycles. The molecule has 3 aromatic carbocycles. The number of hydrogen-bond donors (Lipinski definition) is 1. The van der Waals surface area contributed by atoms with E-state index < -0.39 is 0 Å². The van der Waals surface area contributed by atoms with Crippen molar-refractivity contribution in [1.29, 1.82) is 0 Å². The number of hydrogen-bond acceptors (Lipinski definition) is 1. The number of benzene rings is 3. The van der Waals surface area contributed by atoms with Gasteiger partial charge in [0.25, 0.3) is 0 Å². The van der Waals surface area contributed by atoms with Gasteiger partial charge in [0.15, 0.2) is 0 Å². The first-order valence-corrected chi connectivity index (χ1v) is 8.09. The number of aromatic hydroxyl groups is 1. The molecule has 0 saturated heterocycles. The standard InChI is InChI=1S/C20H17N3O/c1-14-11-16(13-15-7-3-2-4-8-15)20(24)19(12-14)23-21-17-9-5-6-10-18(17)22(21)23/h2-12,24H,13H2,1H3. The van der Waals surface area contributed by atoms with E-state index in [1.807, 2.05) is 41.2 Å². The summed E-state index contributed by atoms with van der Waals surface area (Å²) in [7, 11) is 0. The van der Waals surface area contributed by atoms with Gasteiger partial charge in [0.1, 0.15) is 22.5 Å². The maximum absolute atomic E-state index is 10.8. The molecule has 0 saturated carbocycles. The van der Waals surface area contributed by atoms with Gasteiger partial charge in [-0.2, -0.15) is 0 Å². The maximum Gasteiger partial charge on any atom is 0.146 e. The van der Waals surface area contributed by atoms with Crippen LogP contribution in [-0.4, -0.2) is 19.2 Å². The van der Waals surface area contributed by atoms with Gasteiger partial charge in [-0.3, -0.25) is 0 Å². The molecule has 0 atom stereocenters. The number of rotatable bonds is 3. The SMILES string of the molecule is Cc1cc(Cc2ccccc2)c(O)c(-n2n3c4ccccc4n23)c1. The topological polar surface area (TPSA) is 34.0 Å². The summed E-state index contributed by atoms with van der Waals surface area (Å²) in [6, 6.07) is 22.6. The zero-order valence-electron chi connectivity index (χ0n) is 13.3. The molecule has 5 aromatic rings. The second kappa shape index (κ2) is 4.68. The second-order valence-electron chi connectivity index (χ2n) is 6.31. The Kier molecular flexibility index (Phi) is 2.59. The lowest BCUT2D eigenvalue weighted by Crippen LogP contribution is -1.95. The van der Waals surface area contributed by atoms with Gasteiger partial charge in [-0.1, -0.05) is 48.5 Å². The summed E-state index contributed by atoms with van der Waals surface area (Å²) in [5, 5.41) is 10.8. The molecule has 0 bridgehead atoms. The number of aromatic nitrogens is 3. The van der Waals surface area contributed by atoms with E-state index in [0.717, 1.165) is 23.2 Å². The van der Waals surface area contributed by atoms with Gasteiger partial charge in [-0.15, -0.1) is 14.1 Å². The third-order valence-electron chi connectivity index (χ3n) is 4.59. The number of para-hydroxylation sites is 2. The van der Waals surface area contributed by atoms with Crippen LogP contribution in [0.4, 0.5) is 0 Å². The van der Waals surface area contributed by atoms with Crippen molar-refractivity contribution in [2.45, 2.75) is 13.3 Å². The summed E-state index contributed by atoms with van der Waals surface area (Å²) < 4.78 is 4.13. The molecule has 4 nitrogen and oxygen atoms in total. The first-order valence-electron chi connectivity index (χ1n) is 8.09. The van der Waals surface area contributed by atoms with E-state index in [-0.39, 0.29) is 0 Å². The van der Waals surface area contributed by atoms with Crippen LogP contribution >= 0.6 is 0 Å². The second-order valence-corrected chi connectivity index (χ2v) is 6.31. The van der Waals surface area contributed by atoms with Crippen molar-refractivity contribution in [3.63, 3.8) is 0 Å². The highest BCUT2D eigenvalue weighted by Crippen LogP contribution is 2.34. The van der Waals surface area contributed by atoms with E-state index in [1.165, 1.54) is 16.6 Å². The van der Waals surface area contributed by atoms with Gasteiger partial charge < -0.3 is 5.11 Å². The van der Waals surface area contributed by atoms with Crippen molar-refractivity contribution >= 4 is 11.0 Å². The van der Waals surface area contributed by atoms with Crippen molar-refractivity contribution in [3.8, 4) is 11.4 Å². The first-order chi connectivity index (χ1) is 11.7. The number of fused-ring (bicyclic) bond motifs is 4. The average Bonchev–Trinajstić information content (AvgIpc) is 3.25. The summed E-state index contributed by atoms with van der Waals surface area (Å²) in [4.78, 5) is 2.02. The number of phenolic OH excluding ortho intramolecular Hbond substituents is 1. The van der Waals surface area contributed by atoms with Crippen LogP contribution in [0.15, 0.2) is 66.7 Å². The quantitative estimate of drug-likeness (QED) is 0.536. The van der Waals surface area contributed by atoms with Gasteiger partial charge in [0.2, 0.25) is 0 Å². The Balaban J connectivity index is 1.63. The minimum absolute atomic E-state index is 0.352. The highest BCUT2D eigenvalue weighted by atomic mass is 16.3. The Morgan fingerprint density at radius 2 is 1.46 bits per heavy atom. The fourth-order valence-electron chi connectivity index (χ4n) is 3.43. The van der Waals surface area contributed by atoms with E-state index in [1.54, 1.807) is 0 Å². The third kappa shape index (κ3) is 1.80. The Morgan fingerprint density at radius 3 is 2.12 bits per heavy atom. The van der Waals surface area contributed by atoms with Crippen molar-refractivity contribution in [2.24, 2.45) is 0 Å². The van der Waals surface area contributed by atoms with Gasteiger partial charge in [0, 0.05) is 12.0 Å². The summed E-state index contributed by atoms with van der Waals surface area (Å²) in [6.07, 6.45) is 0.724. The van der Waals surface area contributed by atoms with Crippen LogP contribution in [0, 0.1) is 6.92 Å². The molecule has 2 aromatic heterocycles. The van der Waals surface area contributed by atoms with E-state index in [9.17, 15) is 5.11 Å². The van der Waals surface area contributed by atoms with Crippen LogP contribution in [0.3, 0.4) is 0 Å². The first kappa shape index (κ1) is 13.3. The lowest BCUT2D eigenvalue weighted by molar-refractivity contribution is 0.465. The monoisotopic (exact) mass is 315 g/mol. The molecular weight excluding hydrogens is 298 g/mol. The molecule has 5 rings (SSSR count). The molecule has 0 radical (unpaired) electrons. The Labute approximate surface area is 139 Å². The molecule has 0 aliphatic rings. The molecular formula is C20H17N3O. The van der Waals surface area contributed by atoms with Crippen LogP contribution < -0.4 is 0 Å². The third-order valence-corrected chi connectivity index (χ3v) is 4.59. The molecule has 0 spiro atoms. The van der Waals surface area contributed by atoms with Crippen molar-refractivity contribution in [3.05, 3.63) is 83.4 Å². The largest absolute Gasteiger partial charge is 0.505 e. The Hall–Kier alpha value is -3.14. The molecule has 0 aliphatic carbocycles. The lowest BCUT2D eigenvalue weighted by atomic mass is 10.0. The molecule has 118 valence electrons. The van der Waals surface area contributed by atoms with E-state index >= 15 is 0 Å². The maximum atomic E-state index is 10.8. The average molecular weight is 315 g/mol. The van der Waals surface area contributed by atoms with Crippen LogP contribution in [0.5, 0.6) is 5.75 Å². The van der Waals surface area contributed by atoms with Crippen molar-refractivity contribution < 1.29 is 5.11 Å². The highest BCUT2D eigenvalue weighted by Gasteiger charge is 2.26. The summed E-state index contributed by atoms with van der Waals surface area (Å²) in [5.41, 5.74) is 6.46. The number of nitrogens with zero attached hydrogens (tertiary/aromatic N) is 3. The normalized spacial score (nSPS) is 11.9. The van der Waals surface area contributed by atoms with Crippen LogP contribution in [0.2, 0.25) is 0 Å². The van der Waals surface area contributed by atoms with E-state index in [4.69, 9.17) is 0 Å². The smallest absolute Gasteiger partial charge is 0.146 e. The fraction of sp³-hybridized carbons (Fsp3) is 0.100. The lowest BCUT2D eigenvalue weighted by Gasteiger charge is -2.09. The van der Waals surface area contributed by atoms with Gasteiger partial charge >= 0.3 is 0 Å². The Morgan fingerprint density at radius 1 is 0.833 bits per heavy atom. The van der Waals surface area contributed by atoms with Gasteiger partial charge in [0.05, 0.1) is 0 Å². The fourth-order valence-corrected chi connectivity index (χ4v) is 3.43. The van der Waals surface area contributed by atoms with Crippen molar-refractivity contribution in [2.75, 3.05) is 0 Å².